The summed E-state index contributed by atoms with van der Waals surface area (Å²) in [6.45, 7) is -3.38. The monoisotopic (exact) mass is 327 g/mol. The predicted octanol–water partition coefficient (Wildman–Crippen LogP) is 3.40. The van der Waals surface area contributed by atoms with Crippen molar-refractivity contribution in [2.75, 3.05) is 0 Å². The first kappa shape index (κ1) is 17.0. The molecule has 21 heavy (non-hydrogen) atoms. The second-order valence-electron chi connectivity index (χ2n) is 3.56. The Balaban J connectivity index is 3.34. The van der Waals surface area contributed by atoms with Crippen molar-refractivity contribution in [2.24, 2.45) is 0 Å². The zero-order valence-electron chi connectivity index (χ0n) is 9.95. The number of hydrogen-bond acceptors (Lipinski definition) is 4. The molecule has 0 spiro atoms. The largest absolute Gasteiger partial charge is 0.481 e. The molecule has 0 atom stereocenters. The van der Waals surface area contributed by atoms with E-state index in [-0.39, 0.29) is 11.1 Å². The summed E-state index contributed by atoms with van der Waals surface area (Å²) in [5, 5.41) is 17.4. The summed E-state index contributed by atoms with van der Waals surface area (Å²) in [5.41, 5.74) is -5.35. The summed E-state index contributed by atoms with van der Waals surface area (Å²) in [6, 6.07) is 2.90. The van der Waals surface area contributed by atoms with Crippen LogP contribution in [0.1, 0.15) is 11.1 Å². The molecular weight excluding hydrogens is 321 g/mol. The SMILES string of the molecule is N#Cc1cc(OC(F)F)c(SC(F)(F)F)cc1CC(=O)O. The summed E-state index contributed by atoms with van der Waals surface area (Å²) in [5.74, 6) is -2.21. The zero-order chi connectivity index (χ0) is 16.2. The molecule has 0 fully saturated rings. The molecule has 1 N–H and O–H groups in total. The number of aliphatic carboxylic acids is 1. The molecule has 0 aliphatic rings. The number of halogens is 5. The van der Waals surface area contributed by atoms with E-state index in [9.17, 15) is 26.7 Å². The van der Waals surface area contributed by atoms with E-state index in [4.69, 9.17) is 10.4 Å². The zero-order valence-corrected chi connectivity index (χ0v) is 10.8. The van der Waals surface area contributed by atoms with E-state index in [2.05, 4.69) is 4.74 Å². The highest BCUT2D eigenvalue weighted by Gasteiger charge is 2.32. The van der Waals surface area contributed by atoms with E-state index in [0.29, 0.717) is 12.1 Å². The lowest BCUT2D eigenvalue weighted by Crippen LogP contribution is -2.08. The lowest BCUT2D eigenvalue weighted by molar-refractivity contribution is -0.136. The number of thioether (sulfide) groups is 1. The van der Waals surface area contributed by atoms with Crippen LogP contribution in [0, 0.1) is 11.3 Å². The molecule has 0 saturated heterocycles. The van der Waals surface area contributed by atoms with Crippen LogP contribution in [0.25, 0.3) is 0 Å². The Kier molecular flexibility index (Phi) is 5.37. The standard InChI is InChI=1S/C11H6F5NO3S/c12-10(13)20-7-1-6(4-17)5(3-9(18)19)2-8(7)21-11(14,15)16/h1-2,10H,3H2,(H,18,19). The highest BCUT2D eigenvalue weighted by molar-refractivity contribution is 8.00. The summed E-state index contributed by atoms with van der Waals surface area (Å²) in [6.07, 6.45) is -0.719. The number of carbonyl (C=O) groups is 1. The highest BCUT2D eigenvalue weighted by Crippen LogP contribution is 2.43. The van der Waals surface area contributed by atoms with Gasteiger partial charge in [-0.15, -0.1) is 0 Å². The number of carboxylic acids is 1. The molecule has 0 bridgehead atoms. The number of nitriles is 1. The Morgan fingerprint density at radius 3 is 2.48 bits per heavy atom. The minimum absolute atomic E-state index is 0.224. The van der Waals surface area contributed by atoms with E-state index >= 15 is 0 Å². The number of ether oxygens (including phenoxy) is 1. The van der Waals surface area contributed by atoms with E-state index in [1.54, 1.807) is 0 Å². The number of benzene rings is 1. The van der Waals surface area contributed by atoms with Crippen molar-refractivity contribution in [1.29, 1.82) is 5.26 Å². The van der Waals surface area contributed by atoms with Crippen molar-refractivity contribution in [2.45, 2.75) is 23.4 Å². The quantitative estimate of drug-likeness (QED) is 0.663. The van der Waals surface area contributed by atoms with Gasteiger partial charge in [0.2, 0.25) is 0 Å². The lowest BCUT2D eigenvalue weighted by Gasteiger charge is -2.14. The van der Waals surface area contributed by atoms with Gasteiger partial charge in [0, 0.05) is 0 Å². The normalized spacial score (nSPS) is 11.3. The van der Waals surface area contributed by atoms with E-state index in [1.165, 1.54) is 6.07 Å². The molecular formula is C11H6F5NO3S. The van der Waals surface area contributed by atoms with E-state index in [0.717, 1.165) is 0 Å². The van der Waals surface area contributed by atoms with Crippen LogP contribution in [0.15, 0.2) is 17.0 Å². The fraction of sp³-hybridized carbons (Fsp3) is 0.273. The van der Waals surface area contributed by atoms with Gasteiger partial charge < -0.3 is 9.84 Å². The van der Waals surface area contributed by atoms with Gasteiger partial charge in [-0.05, 0) is 29.5 Å². The third-order valence-electron chi connectivity index (χ3n) is 2.07. The first-order valence-corrected chi connectivity index (χ1v) is 5.93. The van der Waals surface area contributed by atoms with Gasteiger partial charge >= 0.3 is 18.1 Å². The Morgan fingerprint density at radius 2 is 2.05 bits per heavy atom. The maximum Gasteiger partial charge on any atom is 0.446 e. The van der Waals surface area contributed by atoms with Gasteiger partial charge in [-0.1, -0.05) is 0 Å². The van der Waals surface area contributed by atoms with Crippen LogP contribution in [0.4, 0.5) is 22.0 Å². The van der Waals surface area contributed by atoms with Crippen molar-refractivity contribution >= 4 is 17.7 Å². The van der Waals surface area contributed by atoms with Gasteiger partial charge in [0.25, 0.3) is 0 Å². The molecule has 0 heterocycles. The molecule has 0 amide bonds. The van der Waals surface area contributed by atoms with Crippen LogP contribution in [0.5, 0.6) is 5.75 Å². The van der Waals surface area contributed by atoms with E-state index in [1.807, 2.05) is 0 Å². The fourth-order valence-corrected chi connectivity index (χ4v) is 2.07. The summed E-state index contributed by atoms with van der Waals surface area (Å²) < 4.78 is 65.4. The van der Waals surface area contributed by atoms with Gasteiger partial charge in [-0.25, -0.2) is 0 Å². The van der Waals surface area contributed by atoms with Crippen LogP contribution in [-0.2, 0) is 11.2 Å². The van der Waals surface area contributed by atoms with Crippen LogP contribution in [0.3, 0.4) is 0 Å². The number of rotatable bonds is 5. The molecule has 0 aliphatic carbocycles. The average molecular weight is 327 g/mol. The highest BCUT2D eigenvalue weighted by atomic mass is 32.2. The van der Waals surface area contributed by atoms with Crippen LogP contribution < -0.4 is 4.74 Å². The number of alkyl halides is 5. The van der Waals surface area contributed by atoms with Crippen molar-refractivity contribution in [1.82, 2.24) is 0 Å². The molecule has 0 saturated carbocycles. The smallest absolute Gasteiger partial charge is 0.446 e. The second kappa shape index (κ2) is 6.62. The topological polar surface area (TPSA) is 70.3 Å². The Bertz CT molecular complexity index is 582. The molecule has 10 heteroatoms. The second-order valence-corrected chi connectivity index (χ2v) is 4.67. The van der Waals surface area contributed by atoms with Crippen molar-refractivity contribution < 1.29 is 36.6 Å². The van der Waals surface area contributed by atoms with Crippen LogP contribution in [0.2, 0.25) is 0 Å². The Labute approximate surface area is 119 Å². The van der Waals surface area contributed by atoms with Gasteiger partial charge in [-0.3, -0.25) is 4.79 Å². The maximum absolute atomic E-state index is 12.4. The predicted molar refractivity (Wildman–Crippen MR) is 61.0 cm³/mol. The molecule has 1 aromatic carbocycles. The number of hydrogen-bond donors (Lipinski definition) is 1. The third kappa shape index (κ3) is 5.47. The fourth-order valence-electron chi connectivity index (χ4n) is 1.41. The molecule has 4 nitrogen and oxygen atoms in total. The average Bonchev–Trinajstić information content (AvgIpc) is 2.29. The number of nitrogens with zero attached hydrogens (tertiary/aromatic N) is 1. The van der Waals surface area contributed by atoms with Gasteiger partial charge in [-0.2, -0.15) is 27.2 Å². The third-order valence-corrected chi connectivity index (χ3v) is 2.84. The van der Waals surface area contributed by atoms with E-state index < -0.39 is 46.9 Å². The van der Waals surface area contributed by atoms with Crippen LogP contribution in [-0.4, -0.2) is 23.2 Å². The molecule has 1 rings (SSSR count). The molecule has 1 aromatic rings. The summed E-state index contributed by atoms with van der Waals surface area (Å²) >= 11 is -0.731. The first-order chi connectivity index (χ1) is 9.62. The maximum atomic E-state index is 12.4. The summed E-state index contributed by atoms with van der Waals surface area (Å²) in [4.78, 5) is 9.87. The minimum atomic E-state index is -4.78. The van der Waals surface area contributed by atoms with Crippen LogP contribution >= 0.6 is 11.8 Å². The summed E-state index contributed by atoms with van der Waals surface area (Å²) in [7, 11) is 0. The molecule has 114 valence electrons. The molecule has 0 aromatic heterocycles. The Morgan fingerprint density at radius 1 is 1.43 bits per heavy atom. The lowest BCUT2D eigenvalue weighted by atomic mass is 10.1. The Hall–Kier alpha value is -2.02. The van der Waals surface area contributed by atoms with Gasteiger partial charge in [0.05, 0.1) is 22.9 Å². The van der Waals surface area contributed by atoms with Crippen molar-refractivity contribution in [3.8, 4) is 11.8 Å². The van der Waals surface area contributed by atoms with Crippen molar-refractivity contribution in [3.63, 3.8) is 0 Å². The molecule has 0 unspecified atom stereocenters. The molecule has 0 aliphatic heterocycles. The molecule has 0 radical (unpaired) electrons. The van der Waals surface area contributed by atoms with Crippen molar-refractivity contribution in [3.05, 3.63) is 23.3 Å². The minimum Gasteiger partial charge on any atom is -0.481 e. The van der Waals surface area contributed by atoms with Gasteiger partial charge in [0.15, 0.2) is 0 Å². The number of carboxylic acid groups (broad SMARTS) is 1. The first-order valence-electron chi connectivity index (χ1n) is 5.11. The van der Waals surface area contributed by atoms with Gasteiger partial charge in [0.1, 0.15) is 5.75 Å².